The summed E-state index contributed by atoms with van der Waals surface area (Å²) in [6, 6.07) is 7.62. The van der Waals surface area contributed by atoms with Gasteiger partial charge in [0, 0.05) is 24.3 Å². The molecule has 0 aliphatic heterocycles. The number of nitro groups is 1. The molecule has 9 heteroatoms. The van der Waals surface area contributed by atoms with Crippen molar-refractivity contribution in [2.75, 3.05) is 30.9 Å². The molecule has 8 nitrogen and oxygen atoms in total. The first-order valence-corrected chi connectivity index (χ1v) is 7.24. The quantitative estimate of drug-likeness (QED) is 0.635. The van der Waals surface area contributed by atoms with Gasteiger partial charge in [-0.3, -0.25) is 14.9 Å². The van der Waals surface area contributed by atoms with E-state index in [1.807, 2.05) is 0 Å². The zero-order chi connectivity index (χ0) is 17.7. The van der Waals surface area contributed by atoms with Gasteiger partial charge in [-0.15, -0.1) is 0 Å². The van der Waals surface area contributed by atoms with E-state index in [1.165, 1.54) is 30.3 Å². The van der Waals surface area contributed by atoms with E-state index >= 15 is 0 Å². The van der Waals surface area contributed by atoms with Gasteiger partial charge in [-0.2, -0.15) is 0 Å². The zero-order valence-electron chi connectivity index (χ0n) is 13.0. The number of rotatable bonds is 6. The number of likely N-dealkylation sites (N-methyl/N-ethyl adjacent to an activating group) is 1. The van der Waals surface area contributed by atoms with Gasteiger partial charge in [0.25, 0.3) is 0 Å². The molecule has 1 amide bonds. The summed E-state index contributed by atoms with van der Waals surface area (Å²) in [5, 5.41) is 14.1. The van der Waals surface area contributed by atoms with Crippen LogP contribution < -0.4 is 15.0 Å². The molecule has 0 fully saturated rings. The number of pyridine rings is 1. The minimum Gasteiger partial charge on any atom is -0.495 e. The molecule has 1 aromatic carbocycles. The number of anilines is 2. The van der Waals surface area contributed by atoms with E-state index in [0.717, 1.165) is 0 Å². The molecule has 2 aromatic rings. The van der Waals surface area contributed by atoms with Crippen LogP contribution in [0.2, 0.25) is 5.02 Å². The first-order chi connectivity index (χ1) is 11.4. The van der Waals surface area contributed by atoms with E-state index in [4.69, 9.17) is 16.3 Å². The lowest BCUT2D eigenvalue weighted by Gasteiger charge is -2.18. The topological polar surface area (TPSA) is 97.6 Å². The lowest BCUT2D eigenvalue weighted by atomic mass is 10.3. The maximum atomic E-state index is 12.2. The van der Waals surface area contributed by atoms with Crippen molar-refractivity contribution in [3.63, 3.8) is 0 Å². The van der Waals surface area contributed by atoms with E-state index in [1.54, 1.807) is 25.2 Å². The number of nitrogens with zero attached hydrogens (tertiary/aromatic N) is 3. The number of carbonyl (C=O) groups excluding carboxylic acids is 1. The van der Waals surface area contributed by atoms with Crippen molar-refractivity contribution in [1.29, 1.82) is 0 Å². The van der Waals surface area contributed by atoms with Gasteiger partial charge in [-0.05, 0) is 24.3 Å². The predicted molar refractivity (Wildman–Crippen MR) is 90.8 cm³/mol. The van der Waals surface area contributed by atoms with Gasteiger partial charge >= 0.3 is 5.69 Å². The first-order valence-electron chi connectivity index (χ1n) is 6.86. The van der Waals surface area contributed by atoms with Crippen molar-refractivity contribution < 1.29 is 14.5 Å². The maximum absolute atomic E-state index is 12.2. The molecule has 0 bridgehead atoms. The summed E-state index contributed by atoms with van der Waals surface area (Å²) < 4.78 is 5.15. The molecule has 1 N–H and O–H groups in total. The van der Waals surface area contributed by atoms with E-state index < -0.39 is 10.8 Å². The highest BCUT2D eigenvalue weighted by atomic mass is 35.5. The Kier molecular flexibility index (Phi) is 5.54. The molecular weight excluding hydrogens is 336 g/mol. The largest absolute Gasteiger partial charge is 0.495 e. The molecule has 0 spiro atoms. The van der Waals surface area contributed by atoms with Crippen LogP contribution in [-0.4, -0.2) is 36.5 Å². The Morgan fingerprint density at radius 3 is 2.88 bits per heavy atom. The molecule has 0 unspecified atom stereocenters. The molecule has 1 aromatic heterocycles. The van der Waals surface area contributed by atoms with Gasteiger partial charge in [-0.1, -0.05) is 11.6 Å². The van der Waals surface area contributed by atoms with Crippen LogP contribution in [0.5, 0.6) is 5.75 Å². The van der Waals surface area contributed by atoms with E-state index in [2.05, 4.69) is 10.3 Å². The van der Waals surface area contributed by atoms with Crippen molar-refractivity contribution in [2.24, 2.45) is 0 Å². The fourth-order valence-corrected chi connectivity index (χ4v) is 2.26. The second-order valence-electron chi connectivity index (χ2n) is 4.85. The van der Waals surface area contributed by atoms with Crippen molar-refractivity contribution in [3.8, 4) is 5.75 Å². The molecule has 0 atom stereocenters. The molecule has 2 rings (SSSR count). The summed E-state index contributed by atoms with van der Waals surface area (Å²) in [5.74, 6) is 0.174. The average Bonchev–Trinajstić information content (AvgIpc) is 2.54. The zero-order valence-corrected chi connectivity index (χ0v) is 13.8. The number of nitrogens with one attached hydrogen (secondary N) is 1. The molecule has 126 valence electrons. The summed E-state index contributed by atoms with van der Waals surface area (Å²) in [6.45, 7) is -0.131. The number of halogens is 1. The van der Waals surface area contributed by atoms with E-state index in [-0.39, 0.29) is 18.1 Å². The number of amides is 1. The third-order valence-electron chi connectivity index (χ3n) is 3.14. The fourth-order valence-electron chi connectivity index (χ4n) is 2.08. The number of methoxy groups -OCH3 is 1. The molecule has 0 aliphatic rings. The van der Waals surface area contributed by atoms with Crippen LogP contribution in [-0.2, 0) is 4.79 Å². The molecule has 0 saturated heterocycles. The second kappa shape index (κ2) is 7.60. The first kappa shape index (κ1) is 17.5. The molecule has 0 radical (unpaired) electrons. The second-order valence-corrected chi connectivity index (χ2v) is 5.29. The third kappa shape index (κ3) is 4.11. The number of ether oxygens (including phenoxy) is 1. The number of carbonyl (C=O) groups is 1. The standard InChI is InChI=1S/C15H15ClN4O4/c1-19(15-12(20(22)23)4-3-7-17-15)9-14(21)18-11-8-10(16)5-6-13(11)24-2/h3-8H,9H2,1-2H3,(H,18,21). The Bertz CT molecular complexity index is 769. The number of hydrogen-bond donors (Lipinski definition) is 1. The SMILES string of the molecule is COc1ccc(Cl)cc1NC(=O)CN(C)c1ncccc1[N+](=O)[O-]. The normalized spacial score (nSPS) is 10.1. The van der Waals surface area contributed by atoms with Crippen LogP contribution in [0.25, 0.3) is 0 Å². The average molecular weight is 351 g/mol. The summed E-state index contributed by atoms with van der Waals surface area (Å²) in [6.07, 6.45) is 1.43. The number of aromatic nitrogens is 1. The van der Waals surface area contributed by atoms with Gasteiger partial charge in [0.1, 0.15) is 5.75 Å². The monoisotopic (exact) mass is 350 g/mol. The predicted octanol–water partition coefficient (Wildman–Crippen LogP) is 2.73. The van der Waals surface area contributed by atoms with Gasteiger partial charge in [0.05, 0.1) is 24.3 Å². The van der Waals surface area contributed by atoms with Crippen LogP contribution in [0.3, 0.4) is 0 Å². The fraction of sp³-hybridized carbons (Fsp3) is 0.200. The minimum atomic E-state index is -0.545. The highest BCUT2D eigenvalue weighted by Crippen LogP contribution is 2.28. The van der Waals surface area contributed by atoms with Gasteiger partial charge < -0.3 is 15.0 Å². The van der Waals surface area contributed by atoms with Crippen molar-refractivity contribution in [2.45, 2.75) is 0 Å². The number of benzene rings is 1. The highest BCUT2D eigenvalue weighted by molar-refractivity contribution is 6.31. The Morgan fingerprint density at radius 1 is 1.46 bits per heavy atom. The van der Waals surface area contributed by atoms with Crippen LogP contribution in [0.1, 0.15) is 0 Å². The summed E-state index contributed by atoms with van der Waals surface area (Å²) in [7, 11) is 3.02. The highest BCUT2D eigenvalue weighted by Gasteiger charge is 2.20. The van der Waals surface area contributed by atoms with Crippen LogP contribution >= 0.6 is 11.6 Å². The van der Waals surface area contributed by atoms with Crippen LogP contribution in [0, 0.1) is 10.1 Å². The molecule has 1 heterocycles. The smallest absolute Gasteiger partial charge is 0.311 e. The molecule has 24 heavy (non-hydrogen) atoms. The van der Waals surface area contributed by atoms with E-state index in [0.29, 0.717) is 16.5 Å². The van der Waals surface area contributed by atoms with Crippen LogP contribution in [0.4, 0.5) is 17.2 Å². The Hall–Kier alpha value is -2.87. The maximum Gasteiger partial charge on any atom is 0.311 e. The Labute approximate surface area is 143 Å². The van der Waals surface area contributed by atoms with Crippen LogP contribution in [0.15, 0.2) is 36.5 Å². The van der Waals surface area contributed by atoms with Gasteiger partial charge in [-0.25, -0.2) is 4.98 Å². The third-order valence-corrected chi connectivity index (χ3v) is 3.38. The Balaban J connectivity index is 2.13. The molecule has 0 saturated carbocycles. The summed E-state index contributed by atoms with van der Waals surface area (Å²) in [5.41, 5.74) is 0.243. The summed E-state index contributed by atoms with van der Waals surface area (Å²) >= 11 is 5.91. The number of hydrogen-bond acceptors (Lipinski definition) is 6. The summed E-state index contributed by atoms with van der Waals surface area (Å²) in [4.78, 5) is 28.1. The van der Waals surface area contributed by atoms with Gasteiger partial charge in [0.2, 0.25) is 11.7 Å². The molecule has 0 aliphatic carbocycles. The Morgan fingerprint density at radius 2 is 2.21 bits per heavy atom. The molecular formula is C15H15ClN4O4. The van der Waals surface area contributed by atoms with Crippen molar-refractivity contribution >= 4 is 34.7 Å². The minimum absolute atomic E-state index is 0.107. The lowest BCUT2D eigenvalue weighted by molar-refractivity contribution is -0.384. The van der Waals surface area contributed by atoms with Crippen molar-refractivity contribution in [1.82, 2.24) is 4.98 Å². The van der Waals surface area contributed by atoms with Gasteiger partial charge in [0.15, 0.2) is 0 Å². The lowest BCUT2D eigenvalue weighted by Crippen LogP contribution is -2.31. The van der Waals surface area contributed by atoms with Crippen molar-refractivity contribution in [3.05, 3.63) is 51.7 Å². The van der Waals surface area contributed by atoms with E-state index in [9.17, 15) is 14.9 Å².